The summed E-state index contributed by atoms with van der Waals surface area (Å²) in [5, 5.41) is 15.1. The van der Waals surface area contributed by atoms with E-state index in [0.29, 0.717) is 5.92 Å². The van der Waals surface area contributed by atoms with Gasteiger partial charge in [0, 0.05) is 12.1 Å². The molecule has 16 heavy (non-hydrogen) atoms. The molecule has 0 saturated heterocycles. The van der Waals surface area contributed by atoms with Crippen LogP contribution in [0.15, 0.2) is 0 Å². The van der Waals surface area contributed by atoms with Gasteiger partial charge in [0.2, 0.25) is 5.91 Å². The number of rotatable bonds is 8. The lowest BCUT2D eigenvalue weighted by Gasteiger charge is -2.20. The molecule has 0 aliphatic carbocycles. The van der Waals surface area contributed by atoms with Gasteiger partial charge in [0.25, 0.3) is 0 Å². The molecular weight excluding hydrogens is 204 g/mol. The Labute approximate surface area is 98.8 Å². The third-order valence-corrected chi connectivity index (χ3v) is 2.66. The van der Waals surface area contributed by atoms with Crippen LogP contribution in [-0.4, -0.2) is 36.2 Å². The standard InChI is InChI=1S/C12H26N2O2/c1-5-6-10(4)14-12(16)7-13-11(8-15)9(2)3/h9-11,13,15H,5-8H2,1-4H3,(H,14,16). The van der Waals surface area contributed by atoms with Crippen LogP contribution in [-0.2, 0) is 4.79 Å². The monoisotopic (exact) mass is 230 g/mol. The van der Waals surface area contributed by atoms with Gasteiger partial charge in [-0.05, 0) is 19.3 Å². The van der Waals surface area contributed by atoms with Gasteiger partial charge in [0.1, 0.15) is 0 Å². The summed E-state index contributed by atoms with van der Waals surface area (Å²) in [6.45, 7) is 8.48. The molecule has 3 N–H and O–H groups in total. The van der Waals surface area contributed by atoms with Crippen LogP contribution in [0.1, 0.15) is 40.5 Å². The van der Waals surface area contributed by atoms with E-state index in [-0.39, 0.29) is 31.1 Å². The largest absolute Gasteiger partial charge is 0.395 e. The van der Waals surface area contributed by atoms with Crippen molar-refractivity contribution in [2.24, 2.45) is 5.92 Å². The van der Waals surface area contributed by atoms with Gasteiger partial charge in [-0.2, -0.15) is 0 Å². The quantitative estimate of drug-likeness (QED) is 0.580. The molecule has 4 heteroatoms. The first-order valence-electron chi connectivity index (χ1n) is 6.14. The Balaban J connectivity index is 3.79. The molecule has 0 bridgehead atoms. The summed E-state index contributed by atoms with van der Waals surface area (Å²) < 4.78 is 0. The highest BCUT2D eigenvalue weighted by atomic mass is 16.3. The zero-order chi connectivity index (χ0) is 12.6. The lowest BCUT2D eigenvalue weighted by molar-refractivity contribution is -0.121. The maximum absolute atomic E-state index is 11.5. The van der Waals surface area contributed by atoms with Crippen molar-refractivity contribution < 1.29 is 9.90 Å². The Morgan fingerprint density at radius 3 is 2.38 bits per heavy atom. The van der Waals surface area contributed by atoms with E-state index in [0.717, 1.165) is 12.8 Å². The van der Waals surface area contributed by atoms with Crippen LogP contribution in [0, 0.1) is 5.92 Å². The number of carbonyl (C=O) groups is 1. The maximum atomic E-state index is 11.5. The average molecular weight is 230 g/mol. The molecule has 0 heterocycles. The Bertz CT molecular complexity index is 195. The zero-order valence-electron chi connectivity index (χ0n) is 10.9. The van der Waals surface area contributed by atoms with Gasteiger partial charge in [-0.25, -0.2) is 0 Å². The second-order valence-electron chi connectivity index (χ2n) is 4.67. The van der Waals surface area contributed by atoms with Crippen LogP contribution in [0.25, 0.3) is 0 Å². The topological polar surface area (TPSA) is 61.4 Å². The van der Waals surface area contributed by atoms with Crippen LogP contribution in [0.2, 0.25) is 0 Å². The second-order valence-corrected chi connectivity index (χ2v) is 4.67. The van der Waals surface area contributed by atoms with Gasteiger partial charge in [-0.3, -0.25) is 4.79 Å². The summed E-state index contributed by atoms with van der Waals surface area (Å²) in [5.74, 6) is 0.325. The van der Waals surface area contributed by atoms with E-state index in [9.17, 15) is 4.79 Å². The van der Waals surface area contributed by atoms with Gasteiger partial charge in [-0.1, -0.05) is 27.2 Å². The van der Waals surface area contributed by atoms with E-state index in [4.69, 9.17) is 5.11 Å². The zero-order valence-corrected chi connectivity index (χ0v) is 10.9. The molecule has 0 aliphatic rings. The van der Waals surface area contributed by atoms with Crippen LogP contribution in [0.3, 0.4) is 0 Å². The SMILES string of the molecule is CCCC(C)NC(=O)CNC(CO)C(C)C. The molecule has 0 aromatic rings. The number of nitrogens with one attached hydrogen (secondary N) is 2. The number of aliphatic hydroxyl groups excluding tert-OH is 1. The minimum atomic E-state index is -0.00719. The molecule has 1 amide bonds. The van der Waals surface area contributed by atoms with E-state index < -0.39 is 0 Å². The van der Waals surface area contributed by atoms with E-state index in [1.165, 1.54) is 0 Å². The molecule has 0 aromatic heterocycles. The van der Waals surface area contributed by atoms with Crippen LogP contribution >= 0.6 is 0 Å². The predicted molar refractivity (Wildman–Crippen MR) is 66.2 cm³/mol. The summed E-state index contributed by atoms with van der Waals surface area (Å²) in [6.07, 6.45) is 2.07. The van der Waals surface area contributed by atoms with Crippen molar-refractivity contribution in [1.82, 2.24) is 10.6 Å². The van der Waals surface area contributed by atoms with Crippen molar-refractivity contribution >= 4 is 5.91 Å². The van der Waals surface area contributed by atoms with Crippen molar-refractivity contribution in [3.63, 3.8) is 0 Å². The molecule has 0 saturated carbocycles. The number of aliphatic hydroxyl groups is 1. The summed E-state index contributed by atoms with van der Waals surface area (Å²) in [6, 6.07) is 0.221. The lowest BCUT2D eigenvalue weighted by atomic mass is 10.1. The number of carbonyl (C=O) groups excluding carboxylic acids is 1. The van der Waals surface area contributed by atoms with Crippen molar-refractivity contribution in [3.05, 3.63) is 0 Å². The number of hydrogen-bond donors (Lipinski definition) is 3. The Kier molecular flexibility index (Phi) is 8.21. The molecule has 96 valence electrons. The minimum absolute atomic E-state index is 0.0000463. The summed E-state index contributed by atoms with van der Waals surface area (Å²) >= 11 is 0. The molecule has 0 radical (unpaired) electrons. The van der Waals surface area contributed by atoms with E-state index >= 15 is 0 Å². The second kappa shape index (κ2) is 8.53. The van der Waals surface area contributed by atoms with E-state index in [1.807, 2.05) is 20.8 Å². The third kappa shape index (κ3) is 6.80. The van der Waals surface area contributed by atoms with Gasteiger partial charge < -0.3 is 15.7 Å². The smallest absolute Gasteiger partial charge is 0.234 e. The van der Waals surface area contributed by atoms with Crippen molar-refractivity contribution in [1.29, 1.82) is 0 Å². The molecule has 0 rings (SSSR count). The molecule has 2 atom stereocenters. The fourth-order valence-electron chi connectivity index (χ4n) is 1.57. The fourth-order valence-corrected chi connectivity index (χ4v) is 1.57. The van der Waals surface area contributed by atoms with Crippen LogP contribution in [0.4, 0.5) is 0 Å². The molecular formula is C12H26N2O2. The van der Waals surface area contributed by atoms with Crippen molar-refractivity contribution in [3.8, 4) is 0 Å². The molecule has 2 unspecified atom stereocenters. The molecule has 0 spiro atoms. The molecule has 0 aromatic carbocycles. The highest BCUT2D eigenvalue weighted by Crippen LogP contribution is 1.99. The first kappa shape index (κ1) is 15.4. The first-order valence-corrected chi connectivity index (χ1v) is 6.14. The van der Waals surface area contributed by atoms with Gasteiger partial charge >= 0.3 is 0 Å². The highest BCUT2D eigenvalue weighted by Gasteiger charge is 2.13. The van der Waals surface area contributed by atoms with Crippen LogP contribution < -0.4 is 10.6 Å². The molecule has 0 aliphatic heterocycles. The van der Waals surface area contributed by atoms with E-state index in [1.54, 1.807) is 0 Å². The summed E-state index contributed by atoms with van der Waals surface area (Å²) in [4.78, 5) is 11.5. The predicted octanol–water partition coefficient (Wildman–Crippen LogP) is 0.898. The average Bonchev–Trinajstić information content (AvgIpc) is 2.18. The third-order valence-electron chi connectivity index (χ3n) is 2.66. The highest BCUT2D eigenvalue weighted by molar-refractivity contribution is 5.78. The number of amides is 1. The van der Waals surface area contributed by atoms with Gasteiger partial charge in [0.05, 0.1) is 13.2 Å². The fraction of sp³-hybridized carbons (Fsp3) is 0.917. The van der Waals surface area contributed by atoms with E-state index in [2.05, 4.69) is 17.6 Å². The van der Waals surface area contributed by atoms with Crippen molar-refractivity contribution in [2.75, 3.05) is 13.2 Å². The molecule has 4 nitrogen and oxygen atoms in total. The first-order chi connectivity index (χ1) is 7.51. The van der Waals surface area contributed by atoms with Gasteiger partial charge in [0.15, 0.2) is 0 Å². The Morgan fingerprint density at radius 2 is 1.94 bits per heavy atom. The minimum Gasteiger partial charge on any atom is -0.395 e. The summed E-state index contributed by atoms with van der Waals surface area (Å²) in [7, 11) is 0. The number of hydrogen-bond acceptors (Lipinski definition) is 3. The molecule has 0 fully saturated rings. The summed E-state index contributed by atoms with van der Waals surface area (Å²) in [5.41, 5.74) is 0. The normalized spacial score (nSPS) is 14.9. The van der Waals surface area contributed by atoms with Crippen LogP contribution in [0.5, 0.6) is 0 Å². The van der Waals surface area contributed by atoms with Crippen molar-refractivity contribution in [2.45, 2.75) is 52.6 Å². The maximum Gasteiger partial charge on any atom is 0.234 e. The Morgan fingerprint density at radius 1 is 1.31 bits per heavy atom. The van der Waals surface area contributed by atoms with Gasteiger partial charge in [-0.15, -0.1) is 0 Å². The Hall–Kier alpha value is -0.610. The lowest BCUT2D eigenvalue weighted by Crippen LogP contribution is -2.45.